The van der Waals surface area contributed by atoms with E-state index in [2.05, 4.69) is 26.6 Å². The van der Waals surface area contributed by atoms with E-state index >= 15 is 0 Å². The van der Waals surface area contributed by atoms with Gasteiger partial charge in [-0.25, -0.2) is 0 Å². The Morgan fingerprint density at radius 2 is 1.56 bits per heavy atom. The van der Waals surface area contributed by atoms with Gasteiger partial charge in [-0.05, 0) is 31.6 Å². The zero-order valence-corrected chi connectivity index (χ0v) is 22.3. The molecular weight excluding hydrogens is 464 g/mol. The highest BCUT2D eigenvalue weighted by molar-refractivity contribution is 5.92. The average molecular weight is 511 g/mol. The summed E-state index contributed by atoms with van der Waals surface area (Å²) >= 11 is 0. The highest BCUT2D eigenvalue weighted by atomic mass is 16.2. The smallest absolute Gasteiger partial charge is 0.243 e. The minimum absolute atomic E-state index is 0.0443. The van der Waals surface area contributed by atoms with Crippen LogP contribution < -0.4 is 32.3 Å². The van der Waals surface area contributed by atoms with Crippen LogP contribution in [0.4, 0.5) is 0 Å². The van der Waals surface area contributed by atoms with Crippen LogP contribution in [0.2, 0.25) is 0 Å². The van der Waals surface area contributed by atoms with Gasteiger partial charge >= 0.3 is 0 Å². The lowest BCUT2D eigenvalue weighted by molar-refractivity contribution is -0.131. The molecule has 3 atom stereocenters. The number of carbonyl (C=O) groups is 5. The second-order valence-electron chi connectivity index (χ2n) is 10.00. The zero-order valence-electron chi connectivity index (χ0n) is 22.3. The Labute approximate surface area is 214 Å². The molecule has 11 heteroatoms. The van der Waals surface area contributed by atoms with Crippen LogP contribution in [0, 0.1) is 17.8 Å². The first kappa shape index (κ1) is 31.3. The Balaban J connectivity index is 0.000000789. The Morgan fingerprint density at radius 3 is 2.06 bits per heavy atom. The minimum atomic E-state index is -0.740. The normalized spacial score (nSPS) is 19.3. The monoisotopic (exact) mass is 510 g/mol. The van der Waals surface area contributed by atoms with Crippen molar-refractivity contribution in [3.8, 4) is 0 Å². The van der Waals surface area contributed by atoms with E-state index in [1.807, 2.05) is 20.8 Å². The standard InChI is InChI=1S/C20H37N5O4.C5H9NO/c1-4-22-16(26)11-23-19(28)15(10-14-8-6-5-7-9-14)25-17(27)12-24-20(29)18(21)13(2)3;1-4-2-3-6-5(4)7/h13-15,18H,4-12,21H2,1-3H3,(H,22,26)(H,23,28)(H,24,29)(H,25,27);4H,2-3H2,1H3,(H,6,7). The molecule has 1 heterocycles. The van der Waals surface area contributed by atoms with Crippen LogP contribution in [0.15, 0.2) is 0 Å². The number of nitrogens with two attached hydrogens (primary N) is 1. The number of nitrogens with one attached hydrogen (secondary N) is 5. The van der Waals surface area contributed by atoms with Crippen molar-refractivity contribution in [3.63, 3.8) is 0 Å². The molecule has 7 N–H and O–H groups in total. The molecule has 0 aromatic heterocycles. The number of hydrogen-bond donors (Lipinski definition) is 6. The molecule has 0 radical (unpaired) electrons. The van der Waals surface area contributed by atoms with Crippen molar-refractivity contribution in [2.45, 2.75) is 84.7 Å². The summed E-state index contributed by atoms with van der Waals surface area (Å²) in [5.74, 6) is -0.743. The largest absolute Gasteiger partial charge is 0.356 e. The quantitative estimate of drug-likeness (QED) is 0.227. The van der Waals surface area contributed by atoms with Gasteiger partial charge in [-0.1, -0.05) is 52.9 Å². The molecule has 0 aromatic carbocycles. The molecule has 2 fully saturated rings. The molecule has 1 saturated heterocycles. The van der Waals surface area contributed by atoms with Crippen LogP contribution >= 0.6 is 0 Å². The van der Waals surface area contributed by atoms with Crippen LogP contribution in [-0.2, 0) is 24.0 Å². The summed E-state index contributed by atoms with van der Waals surface area (Å²) in [6.07, 6.45) is 7.01. The third kappa shape index (κ3) is 12.3. The van der Waals surface area contributed by atoms with Gasteiger partial charge in [0.2, 0.25) is 29.5 Å². The summed E-state index contributed by atoms with van der Waals surface area (Å²) in [4.78, 5) is 58.9. The van der Waals surface area contributed by atoms with E-state index in [0.29, 0.717) is 18.9 Å². The topological polar surface area (TPSA) is 172 Å². The highest BCUT2D eigenvalue weighted by Crippen LogP contribution is 2.27. The average Bonchev–Trinajstić information content (AvgIpc) is 3.23. The summed E-state index contributed by atoms with van der Waals surface area (Å²) in [6, 6.07) is -1.43. The third-order valence-electron chi connectivity index (χ3n) is 6.51. The first-order chi connectivity index (χ1) is 17.0. The van der Waals surface area contributed by atoms with Crippen LogP contribution in [0.3, 0.4) is 0 Å². The lowest BCUT2D eigenvalue weighted by Crippen LogP contribution is -2.53. The molecule has 2 aliphatic rings. The van der Waals surface area contributed by atoms with Crippen molar-refractivity contribution >= 4 is 29.5 Å². The molecule has 3 unspecified atom stereocenters. The zero-order chi connectivity index (χ0) is 27.1. The summed E-state index contributed by atoms with van der Waals surface area (Å²) < 4.78 is 0. The fraction of sp³-hybridized carbons (Fsp3) is 0.800. The molecule has 2 rings (SSSR count). The highest BCUT2D eigenvalue weighted by Gasteiger charge is 2.26. The van der Waals surface area contributed by atoms with E-state index in [-0.39, 0.29) is 42.6 Å². The van der Waals surface area contributed by atoms with E-state index < -0.39 is 23.9 Å². The van der Waals surface area contributed by atoms with E-state index in [0.717, 1.165) is 38.6 Å². The third-order valence-corrected chi connectivity index (χ3v) is 6.51. The Hall–Kier alpha value is -2.69. The number of rotatable bonds is 11. The molecule has 0 bridgehead atoms. The van der Waals surface area contributed by atoms with Crippen molar-refractivity contribution in [1.82, 2.24) is 26.6 Å². The SMILES string of the molecule is CC1CCNC1=O.CCNC(=O)CNC(=O)C(CC1CCCCC1)NC(=O)CNC(=O)C(N)C(C)C. The van der Waals surface area contributed by atoms with Crippen LogP contribution in [0.1, 0.15) is 72.6 Å². The number of amides is 5. The Bertz CT molecular complexity index is 738. The summed E-state index contributed by atoms with van der Waals surface area (Å²) in [7, 11) is 0. The van der Waals surface area contributed by atoms with Gasteiger partial charge in [0.25, 0.3) is 0 Å². The van der Waals surface area contributed by atoms with E-state index in [4.69, 9.17) is 5.73 Å². The van der Waals surface area contributed by atoms with Crippen LogP contribution in [0.25, 0.3) is 0 Å². The number of likely N-dealkylation sites (N-methyl/N-ethyl adjacent to an activating group) is 1. The number of hydrogen-bond acceptors (Lipinski definition) is 6. The molecule has 1 saturated carbocycles. The number of carbonyl (C=O) groups excluding carboxylic acids is 5. The fourth-order valence-corrected chi connectivity index (χ4v) is 4.09. The Morgan fingerprint density at radius 1 is 0.944 bits per heavy atom. The molecule has 206 valence electrons. The van der Waals surface area contributed by atoms with E-state index in [1.54, 1.807) is 6.92 Å². The second kappa shape index (κ2) is 16.9. The maximum Gasteiger partial charge on any atom is 0.243 e. The lowest BCUT2D eigenvalue weighted by atomic mass is 9.84. The maximum absolute atomic E-state index is 12.6. The van der Waals surface area contributed by atoms with Crippen molar-refractivity contribution in [1.29, 1.82) is 0 Å². The van der Waals surface area contributed by atoms with Crippen molar-refractivity contribution in [3.05, 3.63) is 0 Å². The Kier molecular flexibility index (Phi) is 14.7. The van der Waals surface area contributed by atoms with E-state index in [1.165, 1.54) is 6.42 Å². The summed E-state index contributed by atoms with van der Waals surface area (Å²) in [5, 5.41) is 13.1. The predicted molar refractivity (Wildman–Crippen MR) is 137 cm³/mol. The van der Waals surface area contributed by atoms with Gasteiger partial charge in [0.05, 0.1) is 19.1 Å². The van der Waals surface area contributed by atoms with Gasteiger partial charge in [-0.15, -0.1) is 0 Å². The van der Waals surface area contributed by atoms with Crippen LogP contribution in [0.5, 0.6) is 0 Å². The second-order valence-corrected chi connectivity index (χ2v) is 10.00. The molecule has 0 spiro atoms. The van der Waals surface area contributed by atoms with Gasteiger partial charge in [0, 0.05) is 19.0 Å². The van der Waals surface area contributed by atoms with Gasteiger partial charge in [0.15, 0.2) is 0 Å². The molecular formula is C25H46N6O5. The molecule has 1 aliphatic heterocycles. The molecule has 36 heavy (non-hydrogen) atoms. The van der Waals surface area contributed by atoms with Gasteiger partial charge in [0.1, 0.15) is 6.04 Å². The molecule has 0 aromatic rings. The first-order valence-corrected chi connectivity index (χ1v) is 13.2. The van der Waals surface area contributed by atoms with Crippen molar-refractivity contribution < 1.29 is 24.0 Å². The molecule has 5 amide bonds. The predicted octanol–water partition coefficient (Wildman–Crippen LogP) is -0.0642. The van der Waals surface area contributed by atoms with Crippen molar-refractivity contribution in [2.75, 3.05) is 26.2 Å². The van der Waals surface area contributed by atoms with Gasteiger partial charge in [-0.3, -0.25) is 24.0 Å². The molecule has 1 aliphatic carbocycles. The molecule has 11 nitrogen and oxygen atoms in total. The maximum atomic E-state index is 12.6. The minimum Gasteiger partial charge on any atom is -0.356 e. The summed E-state index contributed by atoms with van der Waals surface area (Å²) in [5.41, 5.74) is 5.77. The van der Waals surface area contributed by atoms with Crippen molar-refractivity contribution in [2.24, 2.45) is 23.5 Å². The van der Waals surface area contributed by atoms with E-state index in [9.17, 15) is 24.0 Å². The first-order valence-electron chi connectivity index (χ1n) is 13.2. The fourth-order valence-electron chi connectivity index (χ4n) is 4.09. The summed E-state index contributed by atoms with van der Waals surface area (Å²) in [6.45, 7) is 8.36. The van der Waals surface area contributed by atoms with Crippen LogP contribution in [-0.4, -0.2) is 67.8 Å². The lowest BCUT2D eigenvalue weighted by Gasteiger charge is -2.26. The van der Waals surface area contributed by atoms with Gasteiger partial charge < -0.3 is 32.3 Å². The van der Waals surface area contributed by atoms with Gasteiger partial charge in [-0.2, -0.15) is 0 Å².